The molecule has 202 valence electrons. The molecule has 0 atom stereocenters. The van der Waals surface area contributed by atoms with Crippen molar-refractivity contribution >= 4 is 40.1 Å². The molecule has 0 saturated carbocycles. The molecule has 3 aromatic carbocycles. The number of anilines is 1. The fourth-order valence-electron chi connectivity index (χ4n) is 4.07. The predicted octanol–water partition coefficient (Wildman–Crippen LogP) is 6.61. The van der Waals surface area contributed by atoms with Gasteiger partial charge >= 0.3 is 17.8 Å². The summed E-state index contributed by atoms with van der Waals surface area (Å²) in [4.78, 5) is 36.9. The molecule has 4 aromatic rings. The van der Waals surface area contributed by atoms with Gasteiger partial charge in [-0.3, -0.25) is 9.59 Å². The second kappa shape index (κ2) is 10.9. The number of benzene rings is 3. The van der Waals surface area contributed by atoms with Gasteiger partial charge in [0.1, 0.15) is 17.2 Å². The summed E-state index contributed by atoms with van der Waals surface area (Å²) >= 11 is 5.84. The number of fused-ring (bicyclic) bond motifs is 1. The standard InChI is InChI=1S/C27H17ClF5NO5/c28-19-12-22-16(10-20(19)30)25(14-3-1-2-13(8-14)4-7-24(36)37)17(26(38)39-22)11-23(35)34-21-6-5-15(29)9-18(21)27(31,32)33/h1-3,5-6,8-10,12H,4,7,11H2,(H,34,35)(H,36,37). The number of alkyl halides is 3. The molecule has 1 aromatic heterocycles. The first-order valence-electron chi connectivity index (χ1n) is 11.3. The van der Waals surface area contributed by atoms with E-state index in [1.54, 1.807) is 18.2 Å². The Labute approximate surface area is 221 Å². The molecule has 4 rings (SSSR count). The number of carboxylic acid groups (broad SMARTS) is 1. The molecule has 2 N–H and O–H groups in total. The first-order chi connectivity index (χ1) is 18.3. The Morgan fingerprint density at radius 1 is 1.03 bits per heavy atom. The van der Waals surface area contributed by atoms with Crippen LogP contribution >= 0.6 is 11.6 Å². The highest BCUT2D eigenvalue weighted by molar-refractivity contribution is 6.31. The molecule has 12 heteroatoms. The number of carbonyl (C=O) groups excluding carboxylic acids is 1. The van der Waals surface area contributed by atoms with E-state index in [0.717, 1.165) is 24.3 Å². The van der Waals surface area contributed by atoms with E-state index in [9.17, 15) is 36.3 Å². The minimum atomic E-state index is -4.98. The predicted molar refractivity (Wildman–Crippen MR) is 133 cm³/mol. The Bertz CT molecular complexity index is 1670. The van der Waals surface area contributed by atoms with E-state index in [0.29, 0.717) is 11.1 Å². The zero-order valence-corrected chi connectivity index (χ0v) is 20.4. The molecule has 0 saturated heterocycles. The Morgan fingerprint density at radius 2 is 1.77 bits per heavy atom. The number of aryl methyl sites for hydroxylation is 1. The van der Waals surface area contributed by atoms with E-state index in [1.165, 1.54) is 6.07 Å². The summed E-state index contributed by atoms with van der Waals surface area (Å²) < 4.78 is 73.3. The van der Waals surface area contributed by atoms with Gasteiger partial charge < -0.3 is 14.8 Å². The number of carbonyl (C=O) groups is 2. The molecule has 0 radical (unpaired) electrons. The van der Waals surface area contributed by atoms with Crippen molar-refractivity contribution in [1.29, 1.82) is 0 Å². The van der Waals surface area contributed by atoms with Crippen molar-refractivity contribution in [3.8, 4) is 11.1 Å². The highest BCUT2D eigenvalue weighted by Crippen LogP contribution is 2.36. The number of carboxylic acids is 1. The third-order valence-electron chi connectivity index (χ3n) is 5.78. The molecule has 0 unspecified atom stereocenters. The minimum Gasteiger partial charge on any atom is -0.481 e. The number of amides is 1. The van der Waals surface area contributed by atoms with Gasteiger partial charge in [0.2, 0.25) is 5.91 Å². The topological polar surface area (TPSA) is 96.6 Å². The molecule has 0 aliphatic rings. The molecular weight excluding hydrogens is 549 g/mol. The maximum atomic E-state index is 14.5. The van der Waals surface area contributed by atoms with Crippen LogP contribution in [0, 0.1) is 11.6 Å². The van der Waals surface area contributed by atoms with E-state index < -0.39 is 53.0 Å². The molecule has 1 heterocycles. The largest absolute Gasteiger partial charge is 0.481 e. The van der Waals surface area contributed by atoms with Crippen LogP contribution < -0.4 is 10.9 Å². The van der Waals surface area contributed by atoms with Gasteiger partial charge in [-0.1, -0.05) is 35.9 Å². The summed E-state index contributed by atoms with van der Waals surface area (Å²) in [6.45, 7) is 0. The van der Waals surface area contributed by atoms with Crippen LogP contribution in [0.3, 0.4) is 0 Å². The van der Waals surface area contributed by atoms with Gasteiger partial charge in [-0.25, -0.2) is 13.6 Å². The maximum absolute atomic E-state index is 14.5. The number of nitrogens with one attached hydrogen (secondary N) is 1. The number of rotatable bonds is 7. The van der Waals surface area contributed by atoms with Crippen LogP contribution in [0.15, 0.2) is 63.8 Å². The molecule has 6 nitrogen and oxygen atoms in total. The number of hydrogen-bond donors (Lipinski definition) is 2. The fourth-order valence-corrected chi connectivity index (χ4v) is 4.23. The van der Waals surface area contributed by atoms with Crippen molar-refractivity contribution < 1.29 is 41.1 Å². The van der Waals surface area contributed by atoms with Gasteiger partial charge in [0.15, 0.2) is 0 Å². The lowest BCUT2D eigenvalue weighted by molar-refractivity contribution is -0.138. The van der Waals surface area contributed by atoms with Crippen LogP contribution in [0.4, 0.5) is 27.6 Å². The Morgan fingerprint density at radius 3 is 2.46 bits per heavy atom. The highest BCUT2D eigenvalue weighted by Gasteiger charge is 2.34. The molecule has 0 bridgehead atoms. The monoisotopic (exact) mass is 565 g/mol. The van der Waals surface area contributed by atoms with E-state index in [-0.39, 0.29) is 46.0 Å². The summed E-state index contributed by atoms with van der Waals surface area (Å²) in [5.41, 5.74) is -2.67. The van der Waals surface area contributed by atoms with Crippen LogP contribution in [0.5, 0.6) is 0 Å². The summed E-state index contributed by atoms with van der Waals surface area (Å²) in [5.74, 6) is -4.13. The lowest BCUT2D eigenvalue weighted by Crippen LogP contribution is -2.22. The minimum absolute atomic E-state index is 0.0486. The average molecular weight is 566 g/mol. The lowest BCUT2D eigenvalue weighted by atomic mass is 9.93. The van der Waals surface area contributed by atoms with Crippen LogP contribution in [-0.2, 0) is 28.6 Å². The van der Waals surface area contributed by atoms with Gasteiger partial charge in [-0.05, 0) is 41.8 Å². The average Bonchev–Trinajstić information content (AvgIpc) is 2.85. The maximum Gasteiger partial charge on any atom is 0.418 e. The van der Waals surface area contributed by atoms with Crippen molar-refractivity contribution in [2.75, 3.05) is 5.32 Å². The zero-order valence-electron chi connectivity index (χ0n) is 19.7. The number of halogens is 6. The normalized spacial score (nSPS) is 11.5. The zero-order chi connectivity index (χ0) is 28.5. The second-order valence-electron chi connectivity index (χ2n) is 8.51. The van der Waals surface area contributed by atoms with E-state index in [1.807, 2.05) is 5.32 Å². The Kier molecular flexibility index (Phi) is 7.73. The molecule has 0 aliphatic heterocycles. The summed E-state index contributed by atoms with van der Waals surface area (Å²) in [6.07, 6.45) is -5.83. The van der Waals surface area contributed by atoms with Crippen molar-refractivity contribution in [1.82, 2.24) is 0 Å². The first-order valence-corrected chi connectivity index (χ1v) is 11.6. The SMILES string of the molecule is O=C(O)CCc1cccc(-c2c(CC(=O)Nc3ccc(F)cc3C(F)(F)F)c(=O)oc3cc(Cl)c(F)cc23)c1. The summed E-state index contributed by atoms with van der Waals surface area (Å²) in [7, 11) is 0. The van der Waals surface area contributed by atoms with Gasteiger partial charge in [0.05, 0.1) is 28.3 Å². The lowest BCUT2D eigenvalue weighted by Gasteiger charge is -2.16. The van der Waals surface area contributed by atoms with Crippen molar-refractivity contribution in [2.45, 2.75) is 25.4 Å². The molecule has 0 aliphatic carbocycles. The summed E-state index contributed by atoms with van der Waals surface area (Å²) in [5, 5.41) is 10.8. The van der Waals surface area contributed by atoms with Gasteiger partial charge in [-0.15, -0.1) is 0 Å². The number of hydrogen-bond acceptors (Lipinski definition) is 4. The van der Waals surface area contributed by atoms with E-state index in [2.05, 4.69) is 0 Å². The molecule has 1 amide bonds. The van der Waals surface area contributed by atoms with E-state index in [4.69, 9.17) is 21.1 Å². The van der Waals surface area contributed by atoms with Crippen LogP contribution in [0.25, 0.3) is 22.1 Å². The van der Waals surface area contributed by atoms with Crippen LogP contribution in [0.2, 0.25) is 5.02 Å². The fraction of sp³-hybridized carbons (Fsp3) is 0.148. The summed E-state index contributed by atoms with van der Waals surface area (Å²) in [6, 6.07) is 10.0. The Hall–Kier alpha value is -4.25. The third kappa shape index (κ3) is 6.26. The van der Waals surface area contributed by atoms with Crippen molar-refractivity contribution in [2.24, 2.45) is 0 Å². The van der Waals surface area contributed by atoms with Gasteiger partial charge in [-0.2, -0.15) is 13.2 Å². The molecule has 0 spiro atoms. The van der Waals surface area contributed by atoms with Crippen LogP contribution in [0.1, 0.15) is 23.1 Å². The van der Waals surface area contributed by atoms with E-state index >= 15 is 0 Å². The van der Waals surface area contributed by atoms with Crippen LogP contribution in [-0.4, -0.2) is 17.0 Å². The Balaban J connectivity index is 1.83. The van der Waals surface area contributed by atoms with Gasteiger partial charge in [0, 0.05) is 23.4 Å². The van der Waals surface area contributed by atoms with Crippen molar-refractivity contribution in [3.05, 3.63) is 98.4 Å². The highest BCUT2D eigenvalue weighted by atomic mass is 35.5. The first kappa shape index (κ1) is 27.8. The molecule has 39 heavy (non-hydrogen) atoms. The second-order valence-corrected chi connectivity index (χ2v) is 8.92. The van der Waals surface area contributed by atoms with Gasteiger partial charge in [0.25, 0.3) is 0 Å². The number of aliphatic carboxylic acids is 1. The third-order valence-corrected chi connectivity index (χ3v) is 6.07. The molecular formula is C27H17ClF5NO5. The smallest absolute Gasteiger partial charge is 0.418 e. The molecule has 0 fully saturated rings. The quantitative estimate of drug-likeness (QED) is 0.194. The van der Waals surface area contributed by atoms with Crippen molar-refractivity contribution in [3.63, 3.8) is 0 Å².